The lowest BCUT2D eigenvalue weighted by molar-refractivity contribution is -0.384. The number of ether oxygens (including phenoxy) is 2. The summed E-state index contributed by atoms with van der Waals surface area (Å²) >= 11 is 0. The summed E-state index contributed by atoms with van der Waals surface area (Å²) in [6, 6.07) is 12.8. The number of amides is 1. The highest BCUT2D eigenvalue weighted by atomic mass is 16.6. The second-order valence-electron chi connectivity index (χ2n) is 5.56. The molecule has 0 aromatic heterocycles. The van der Waals surface area contributed by atoms with Gasteiger partial charge in [0.05, 0.1) is 24.3 Å². The zero-order valence-electron chi connectivity index (χ0n) is 14.8. The van der Waals surface area contributed by atoms with Crippen molar-refractivity contribution in [2.45, 2.75) is 6.92 Å². The Balaban J connectivity index is 1.93. The van der Waals surface area contributed by atoms with E-state index < -0.39 is 4.92 Å². The third-order valence-electron chi connectivity index (χ3n) is 3.86. The Labute approximate surface area is 155 Å². The molecule has 0 spiro atoms. The van der Waals surface area contributed by atoms with Crippen molar-refractivity contribution in [3.8, 4) is 5.75 Å². The van der Waals surface area contributed by atoms with Gasteiger partial charge >= 0.3 is 0 Å². The molecule has 0 N–H and O–H groups in total. The first-order chi connectivity index (χ1) is 13.0. The van der Waals surface area contributed by atoms with Gasteiger partial charge < -0.3 is 9.47 Å². The highest BCUT2D eigenvalue weighted by molar-refractivity contribution is 6.30. The van der Waals surface area contributed by atoms with Gasteiger partial charge in [-0.15, -0.1) is 5.10 Å². The molecule has 0 saturated carbocycles. The van der Waals surface area contributed by atoms with E-state index in [1.807, 2.05) is 12.1 Å². The van der Waals surface area contributed by atoms with E-state index in [1.165, 1.54) is 29.3 Å². The molecule has 0 saturated heterocycles. The van der Waals surface area contributed by atoms with Crippen molar-refractivity contribution in [1.82, 2.24) is 0 Å². The lowest BCUT2D eigenvalue weighted by atomic mass is 10.1. The second kappa shape index (κ2) is 7.69. The van der Waals surface area contributed by atoms with Crippen LogP contribution >= 0.6 is 0 Å². The fourth-order valence-corrected chi connectivity index (χ4v) is 2.52. The SMILES string of the molecule is CCOC1=NN(c2ccc([N+](=O)[O-])cc2)C(=O)/C1=C/c1ccc(OC)cc1. The zero-order valence-corrected chi connectivity index (χ0v) is 14.8. The Morgan fingerprint density at radius 2 is 1.81 bits per heavy atom. The maximum absolute atomic E-state index is 12.8. The van der Waals surface area contributed by atoms with Crippen molar-refractivity contribution in [3.05, 3.63) is 69.8 Å². The molecule has 0 aliphatic carbocycles. The van der Waals surface area contributed by atoms with Crippen molar-refractivity contribution in [1.29, 1.82) is 0 Å². The molecule has 1 aliphatic rings. The first kappa shape index (κ1) is 18.1. The van der Waals surface area contributed by atoms with Crippen LogP contribution in [0.3, 0.4) is 0 Å². The van der Waals surface area contributed by atoms with E-state index in [1.54, 1.807) is 32.2 Å². The molecule has 2 aromatic carbocycles. The Kier molecular flexibility index (Phi) is 5.16. The predicted octanol–water partition coefficient (Wildman–Crippen LogP) is 3.38. The molecule has 0 radical (unpaired) electrons. The van der Waals surface area contributed by atoms with Crippen LogP contribution in [-0.4, -0.2) is 30.4 Å². The van der Waals surface area contributed by atoms with Crippen LogP contribution in [0.2, 0.25) is 0 Å². The normalized spacial score (nSPS) is 15.0. The third kappa shape index (κ3) is 3.79. The van der Waals surface area contributed by atoms with E-state index in [2.05, 4.69) is 5.10 Å². The van der Waals surface area contributed by atoms with Gasteiger partial charge in [0.1, 0.15) is 11.3 Å². The maximum Gasteiger partial charge on any atom is 0.284 e. The molecule has 138 valence electrons. The summed E-state index contributed by atoms with van der Waals surface area (Å²) in [7, 11) is 1.58. The van der Waals surface area contributed by atoms with Crippen molar-refractivity contribution in [2.75, 3.05) is 18.7 Å². The molecule has 0 atom stereocenters. The van der Waals surface area contributed by atoms with Crippen LogP contribution in [0, 0.1) is 10.1 Å². The van der Waals surface area contributed by atoms with Crippen LogP contribution in [-0.2, 0) is 9.53 Å². The molecule has 1 aliphatic heterocycles. The van der Waals surface area contributed by atoms with Crippen LogP contribution in [0.15, 0.2) is 59.2 Å². The highest BCUT2D eigenvalue weighted by Gasteiger charge is 2.32. The molecule has 8 nitrogen and oxygen atoms in total. The highest BCUT2D eigenvalue weighted by Crippen LogP contribution is 2.27. The number of anilines is 1. The Hall–Kier alpha value is -3.68. The molecule has 27 heavy (non-hydrogen) atoms. The quantitative estimate of drug-likeness (QED) is 0.459. The first-order valence-electron chi connectivity index (χ1n) is 8.20. The van der Waals surface area contributed by atoms with E-state index >= 15 is 0 Å². The molecule has 0 fully saturated rings. The van der Waals surface area contributed by atoms with E-state index in [9.17, 15) is 14.9 Å². The summed E-state index contributed by atoms with van der Waals surface area (Å²) < 4.78 is 10.6. The van der Waals surface area contributed by atoms with Gasteiger partial charge in [0.2, 0.25) is 5.90 Å². The fourth-order valence-electron chi connectivity index (χ4n) is 2.52. The van der Waals surface area contributed by atoms with Gasteiger partial charge in [0, 0.05) is 12.1 Å². The van der Waals surface area contributed by atoms with Crippen LogP contribution in [0.1, 0.15) is 12.5 Å². The van der Waals surface area contributed by atoms with Crippen LogP contribution < -0.4 is 9.75 Å². The molecule has 8 heteroatoms. The minimum Gasteiger partial charge on any atom is -0.497 e. The molecular formula is C19H17N3O5. The second-order valence-corrected chi connectivity index (χ2v) is 5.56. The monoisotopic (exact) mass is 367 g/mol. The summed E-state index contributed by atoms with van der Waals surface area (Å²) in [5.74, 6) is 0.542. The number of hydrogen-bond donors (Lipinski definition) is 0. The van der Waals surface area contributed by atoms with Gasteiger partial charge in [-0.3, -0.25) is 14.9 Å². The average Bonchev–Trinajstić information content (AvgIpc) is 2.98. The van der Waals surface area contributed by atoms with Crippen LogP contribution in [0.5, 0.6) is 5.75 Å². The summed E-state index contributed by atoms with van der Waals surface area (Å²) in [6.45, 7) is 2.15. The largest absolute Gasteiger partial charge is 0.497 e. The van der Waals surface area contributed by atoms with Crippen molar-refractivity contribution in [3.63, 3.8) is 0 Å². The summed E-state index contributed by atoms with van der Waals surface area (Å²) in [4.78, 5) is 23.1. The van der Waals surface area contributed by atoms with Crippen LogP contribution in [0.25, 0.3) is 6.08 Å². The van der Waals surface area contributed by atoms with Crippen molar-refractivity contribution < 1.29 is 19.2 Å². The minimum absolute atomic E-state index is 0.0617. The van der Waals surface area contributed by atoms with Gasteiger partial charge in [-0.25, -0.2) is 0 Å². The molecule has 1 heterocycles. The topological polar surface area (TPSA) is 94.3 Å². The molecule has 2 aromatic rings. The summed E-state index contributed by atoms with van der Waals surface area (Å²) in [6.07, 6.45) is 1.68. The molecule has 1 amide bonds. The summed E-state index contributed by atoms with van der Waals surface area (Å²) in [5, 5.41) is 16.2. The predicted molar refractivity (Wildman–Crippen MR) is 101 cm³/mol. The number of carbonyl (C=O) groups is 1. The number of hydrazone groups is 1. The summed E-state index contributed by atoms with van der Waals surface area (Å²) in [5.41, 5.74) is 1.45. The lowest BCUT2D eigenvalue weighted by Crippen LogP contribution is -2.21. The Morgan fingerprint density at radius 1 is 1.15 bits per heavy atom. The number of nitro groups is 1. The number of non-ortho nitro benzene ring substituents is 1. The van der Waals surface area contributed by atoms with E-state index in [0.717, 1.165) is 5.56 Å². The fraction of sp³-hybridized carbons (Fsp3) is 0.158. The van der Waals surface area contributed by atoms with Gasteiger partial charge in [-0.1, -0.05) is 12.1 Å². The third-order valence-corrected chi connectivity index (χ3v) is 3.86. The van der Waals surface area contributed by atoms with Gasteiger partial charge in [0.25, 0.3) is 11.6 Å². The van der Waals surface area contributed by atoms with Crippen LogP contribution in [0.4, 0.5) is 11.4 Å². The minimum atomic E-state index is -0.501. The zero-order chi connectivity index (χ0) is 19.4. The number of hydrogen-bond acceptors (Lipinski definition) is 6. The average molecular weight is 367 g/mol. The molecule has 3 rings (SSSR count). The molecule has 0 unspecified atom stereocenters. The van der Waals surface area contributed by atoms with Gasteiger partial charge in [0.15, 0.2) is 0 Å². The number of methoxy groups -OCH3 is 1. The van der Waals surface area contributed by atoms with Gasteiger partial charge in [-0.05, 0) is 42.8 Å². The van der Waals surface area contributed by atoms with Gasteiger partial charge in [-0.2, -0.15) is 5.01 Å². The Morgan fingerprint density at radius 3 is 2.37 bits per heavy atom. The van der Waals surface area contributed by atoms with Crippen molar-refractivity contribution in [2.24, 2.45) is 5.10 Å². The van der Waals surface area contributed by atoms with E-state index in [4.69, 9.17) is 9.47 Å². The number of benzene rings is 2. The lowest BCUT2D eigenvalue weighted by Gasteiger charge is -2.10. The number of rotatable bonds is 5. The van der Waals surface area contributed by atoms with E-state index in [-0.39, 0.29) is 17.5 Å². The Bertz CT molecular complexity index is 917. The number of carbonyl (C=O) groups excluding carboxylic acids is 1. The van der Waals surface area contributed by atoms with Crippen molar-refractivity contribution >= 4 is 29.3 Å². The maximum atomic E-state index is 12.8. The molecule has 0 bridgehead atoms. The smallest absolute Gasteiger partial charge is 0.284 e. The molecular weight excluding hydrogens is 350 g/mol. The number of nitro benzene ring substituents is 1. The standard InChI is InChI=1S/C19H17N3O5/c1-3-27-18-17(12-13-4-10-16(26-2)11-5-13)19(23)21(20-18)14-6-8-15(9-7-14)22(24)25/h4-12H,3H2,1-2H3/b17-12+. The van der Waals surface area contributed by atoms with E-state index in [0.29, 0.717) is 23.6 Å². The first-order valence-corrected chi connectivity index (χ1v) is 8.20. The number of nitrogens with zero attached hydrogens (tertiary/aromatic N) is 3.